The highest BCUT2D eigenvalue weighted by atomic mass is 127. The Bertz CT molecular complexity index is 384. The second-order valence-electron chi connectivity index (χ2n) is 3.49. The molecule has 100 valence electrons. The minimum absolute atomic E-state index is 0.0176. The normalized spacial score (nSPS) is 13.3. The van der Waals surface area contributed by atoms with Gasteiger partial charge in [0.1, 0.15) is 6.54 Å². The molecule has 3 nitrogen and oxygen atoms in total. The van der Waals surface area contributed by atoms with Crippen LogP contribution in [0, 0.1) is 0 Å². The number of alkyl halides is 4. The summed E-state index contributed by atoms with van der Waals surface area (Å²) >= 11 is 1.76. The van der Waals surface area contributed by atoms with Gasteiger partial charge in [0.05, 0.1) is 0 Å². The van der Waals surface area contributed by atoms with E-state index in [0.29, 0.717) is 6.42 Å². The van der Waals surface area contributed by atoms with Crippen LogP contribution in [0.1, 0.15) is 5.56 Å². The molecule has 0 aliphatic carbocycles. The predicted octanol–water partition coefficient (Wildman–Crippen LogP) is 1.53. The highest BCUT2D eigenvalue weighted by Gasteiger charge is 2.48. The fourth-order valence-corrected chi connectivity index (χ4v) is 1.75. The average molecular weight is 374 g/mol. The van der Waals surface area contributed by atoms with E-state index in [1.807, 2.05) is 6.07 Å². The number of hydroxylamine groups is 2. The molecule has 0 aromatic heterocycles. The molecule has 0 spiro atoms. The Labute approximate surface area is 116 Å². The van der Waals surface area contributed by atoms with Crippen LogP contribution in [0.15, 0.2) is 30.3 Å². The van der Waals surface area contributed by atoms with Crippen LogP contribution in [-0.4, -0.2) is 23.2 Å². The van der Waals surface area contributed by atoms with E-state index in [-0.39, 0.29) is 11.2 Å². The molecule has 0 bridgehead atoms. The molecule has 1 unspecified atom stereocenters. The van der Waals surface area contributed by atoms with Crippen molar-refractivity contribution in [1.29, 1.82) is 0 Å². The van der Waals surface area contributed by atoms with Crippen LogP contribution >= 0.6 is 22.6 Å². The van der Waals surface area contributed by atoms with Gasteiger partial charge in [-0.3, -0.25) is 0 Å². The molecule has 0 aliphatic rings. The topological polar surface area (TPSA) is 30.7 Å². The number of hydrogen-bond acceptors (Lipinski definition) is 2. The largest absolute Gasteiger partial charge is 0.512 e. The molecule has 0 heterocycles. The summed E-state index contributed by atoms with van der Waals surface area (Å²) in [5.74, 6) is -1.89. The summed E-state index contributed by atoms with van der Waals surface area (Å²) < 4.78 is 36.9. The smallest absolute Gasteiger partial charge is 0.217 e. The minimum Gasteiger partial charge on any atom is -0.217 e. The van der Waals surface area contributed by atoms with Crippen molar-refractivity contribution in [2.45, 2.75) is 12.6 Å². The van der Waals surface area contributed by atoms with Crippen molar-refractivity contribution in [3.05, 3.63) is 35.9 Å². The van der Waals surface area contributed by atoms with Crippen molar-refractivity contribution in [2.24, 2.45) is 0 Å². The first kappa shape index (κ1) is 15.4. The Hall–Kier alpha value is -0.670. The Morgan fingerprint density at radius 1 is 1.28 bits per heavy atom. The fourth-order valence-electron chi connectivity index (χ4n) is 1.38. The summed E-state index contributed by atoms with van der Waals surface area (Å²) in [7, 11) is 0. The van der Waals surface area contributed by atoms with Crippen LogP contribution in [0.3, 0.4) is 0 Å². The summed E-state index contributed by atoms with van der Waals surface area (Å²) in [5, 5.41) is -0.527. The molecule has 0 fully saturated rings. The number of carbonyl (C=O) groups is 1. The molecule has 7 heteroatoms. The predicted molar refractivity (Wildman–Crippen MR) is 67.0 cm³/mol. The quantitative estimate of drug-likeness (QED) is 0.482. The summed E-state index contributed by atoms with van der Waals surface area (Å²) in [5.41, 5.74) is 0.863. The minimum atomic E-state index is -4.88. The monoisotopic (exact) mass is 374 g/mol. The molecule has 0 radical (unpaired) electrons. The number of rotatable bonds is 5. The van der Waals surface area contributed by atoms with Gasteiger partial charge in [-0.2, -0.15) is 18.0 Å². The number of carbonyl (C=O) groups excluding carboxylic acids is 1. The lowest BCUT2D eigenvalue weighted by atomic mass is 10.1. The van der Waals surface area contributed by atoms with Crippen LogP contribution in [0.4, 0.5) is 13.2 Å². The molecule has 1 atom stereocenters. The Morgan fingerprint density at radius 3 is 2.39 bits per heavy atom. The van der Waals surface area contributed by atoms with Crippen molar-refractivity contribution in [3.8, 4) is 0 Å². The van der Waals surface area contributed by atoms with E-state index in [9.17, 15) is 18.0 Å². The number of nitrogens with one attached hydrogen (secondary N) is 1. The maximum atomic E-state index is 12.3. The second-order valence-corrected chi connectivity index (χ2v) is 4.11. The third kappa shape index (κ3) is 4.91. The zero-order valence-electron chi connectivity index (χ0n) is 9.34. The Kier molecular flexibility index (Phi) is 6.03. The van der Waals surface area contributed by atoms with Crippen molar-refractivity contribution in [3.63, 3.8) is 0 Å². The molecule has 0 saturated carbocycles. The average Bonchev–Trinajstić information content (AvgIpc) is 2.34. The van der Waals surface area contributed by atoms with Gasteiger partial charge in [-0.1, -0.05) is 30.3 Å². The third-order valence-electron chi connectivity index (χ3n) is 2.22. The van der Waals surface area contributed by atoms with Crippen LogP contribution in [0.5, 0.6) is 0 Å². The molecule has 1 rings (SSSR count). The van der Waals surface area contributed by atoms with Crippen LogP contribution in [0.25, 0.3) is 0 Å². The molecule has 1 aromatic carbocycles. The van der Waals surface area contributed by atoms with Crippen molar-refractivity contribution in [2.75, 3.05) is 11.2 Å². The van der Waals surface area contributed by atoms with Crippen molar-refractivity contribution < 1.29 is 27.9 Å². The van der Waals surface area contributed by atoms with E-state index in [1.54, 1.807) is 46.9 Å². The van der Waals surface area contributed by atoms with Gasteiger partial charge in [-0.25, -0.2) is 4.79 Å². The van der Waals surface area contributed by atoms with Crippen LogP contribution in [-0.2, 0) is 16.1 Å². The highest BCUT2D eigenvalue weighted by Crippen LogP contribution is 2.12. The van der Waals surface area contributed by atoms with E-state index in [4.69, 9.17) is 4.84 Å². The molecule has 0 saturated heterocycles. The van der Waals surface area contributed by atoms with Crippen molar-refractivity contribution in [1.82, 2.24) is 0 Å². The van der Waals surface area contributed by atoms with Gasteiger partial charge in [-0.15, -0.1) is 5.06 Å². The van der Waals surface area contributed by atoms with E-state index in [0.717, 1.165) is 5.56 Å². The summed E-state index contributed by atoms with van der Waals surface area (Å²) in [6, 6.07) is 8.98. The van der Waals surface area contributed by atoms with Crippen LogP contribution in [0.2, 0.25) is 0 Å². The fraction of sp³-hybridized carbons (Fsp3) is 0.364. The first-order chi connectivity index (χ1) is 8.45. The van der Waals surface area contributed by atoms with Gasteiger partial charge >= 0.3 is 12.1 Å². The van der Waals surface area contributed by atoms with Gasteiger partial charge in [0.2, 0.25) is 0 Å². The van der Waals surface area contributed by atoms with Crippen molar-refractivity contribution >= 4 is 28.5 Å². The SMILES string of the molecule is O=C([NH+](CCc1ccccc1)OCI)C(F)(F)F. The summed E-state index contributed by atoms with van der Waals surface area (Å²) in [4.78, 5) is 15.9. The second kappa shape index (κ2) is 7.05. The van der Waals surface area contributed by atoms with Gasteiger partial charge in [0.25, 0.3) is 0 Å². The molecule has 1 N–H and O–H groups in total. The lowest BCUT2D eigenvalue weighted by Crippen LogP contribution is -3.15. The van der Waals surface area contributed by atoms with E-state index < -0.39 is 17.1 Å². The van der Waals surface area contributed by atoms with Gasteiger partial charge in [0, 0.05) is 6.42 Å². The summed E-state index contributed by atoms with van der Waals surface area (Å²) in [6.45, 7) is -0.0502. The number of amides is 1. The first-order valence-corrected chi connectivity index (χ1v) is 6.67. The molecule has 0 aliphatic heterocycles. The Balaban J connectivity index is 2.61. The number of halogens is 4. The Morgan fingerprint density at radius 2 is 1.89 bits per heavy atom. The number of quaternary nitrogens is 1. The number of hydrogen-bond donors (Lipinski definition) is 1. The standard InChI is InChI=1S/C11H11F3INO2/c12-11(13,14)10(17)16(18-8-15)7-6-9-4-2-1-3-5-9/h1-5H,6-8H2/p+1. The number of benzene rings is 1. The van der Waals surface area contributed by atoms with Gasteiger partial charge in [-0.05, 0) is 28.2 Å². The lowest BCUT2D eigenvalue weighted by molar-refractivity contribution is -1.03. The molecular formula is C11H12F3INO2+. The van der Waals surface area contributed by atoms with Gasteiger partial charge in [0.15, 0.2) is 4.61 Å². The van der Waals surface area contributed by atoms with E-state index in [2.05, 4.69) is 0 Å². The zero-order valence-corrected chi connectivity index (χ0v) is 11.5. The zero-order chi connectivity index (χ0) is 13.6. The maximum Gasteiger partial charge on any atom is 0.512 e. The highest BCUT2D eigenvalue weighted by molar-refractivity contribution is 14.1. The molecular weight excluding hydrogens is 362 g/mol. The van der Waals surface area contributed by atoms with Gasteiger partial charge < -0.3 is 0 Å². The van der Waals surface area contributed by atoms with E-state index in [1.165, 1.54) is 0 Å². The maximum absolute atomic E-state index is 12.3. The van der Waals surface area contributed by atoms with Crippen LogP contribution < -0.4 is 5.06 Å². The molecule has 1 amide bonds. The third-order valence-corrected chi connectivity index (χ3v) is 2.53. The molecule has 18 heavy (non-hydrogen) atoms. The van der Waals surface area contributed by atoms with E-state index >= 15 is 0 Å². The lowest BCUT2D eigenvalue weighted by Gasteiger charge is -2.15. The first-order valence-electron chi connectivity index (χ1n) is 5.15. The summed E-state index contributed by atoms with van der Waals surface area (Å²) in [6.07, 6.45) is -4.54. The molecule has 1 aromatic rings.